The molecule has 2 N–H and O–H groups in total. The van der Waals surface area contributed by atoms with E-state index < -0.39 is 0 Å². The van der Waals surface area contributed by atoms with Gasteiger partial charge < -0.3 is 15.2 Å². The second kappa shape index (κ2) is 10.1. The molecule has 2 aromatic heterocycles. The first-order valence-electron chi connectivity index (χ1n) is 15.6. The van der Waals surface area contributed by atoms with Crippen LogP contribution in [-0.4, -0.2) is 38.3 Å². The number of nitrogens with one attached hydrogen (secondary N) is 1. The molecule has 2 aromatic carbocycles. The van der Waals surface area contributed by atoms with Crippen LogP contribution in [0.3, 0.4) is 0 Å². The number of fused-ring (bicyclic) bond motifs is 1. The summed E-state index contributed by atoms with van der Waals surface area (Å²) in [4.78, 5) is 4.71. The Morgan fingerprint density at radius 2 is 1.71 bits per heavy atom. The first-order chi connectivity index (χ1) is 20.1. The Kier molecular flexibility index (Phi) is 6.24. The fraction of sp³-hybridized carbons (Fsp3) is 0.500. The van der Waals surface area contributed by atoms with Crippen molar-refractivity contribution in [2.45, 2.75) is 69.2 Å². The predicted molar refractivity (Wildman–Crippen MR) is 159 cm³/mol. The first-order valence-corrected chi connectivity index (χ1v) is 15.6. The van der Waals surface area contributed by atoms with E-state index in [0.717, 1.165) is 72.4 Å². The van der Waals surface area contributed by atoms with Gasteiger partial charge in [0.05, 0.1) is 22.4 Å². The van der Waals surface area contributed by atoms with Gasteiger partial charge in [-0.05, 0) is 117 Å². The van der Waals surface area contributed by atoms with Gasteiger partial charge in [-0.2, -0.15) is 0 Å². The van der Waals surface area contributed by atoms with Gasteiger partial charge in [-0.15, -0.1) is 5.10 Å². The van der Waals surface area contributed by atoms with Crippen LogP contribution < -0.4 is 5.32 Å². The number of para-hydroxylation sites is 1. The number of phenolic OH excluding ortho intramolecular Hbond substituents is 1. The van der Waals surface area contributed by atoms with Crippen molar-refractivity contribution < 1.29 is 9.84 Å². The van der Waals surface area contributed by atoms with E-state index in [0.29, 0.717) is 17.4 Å². The summed E-state index contributed by atoms with van der Waals surface area (Å²) >= 11 is 0. The Balaban J connectivity index is 1.05. The molecule has 4 aromatic rings. The molecule has 1 unspecified atom stereocenters. The maximum atomic E-state index is 11.1. The molecule has 4 aliphatic carbocycles. The molecular weight excluding hydrogens is 510 g/mol. The molecule has 0 amide bonds. The Bertz CT molecular complexity index is 1520. The molecule has 0 spiro atoms. The molecule has 0 radical (unpaired) electrons. The number of hydrogen-bond donors (Lipinski definition) is 2. The molecule has 7 heteroatoms. The zero-order chi connectivity index (χ0) is 27.4. The summed E-state index contributed by atoms with van der Waals surface area (Å²) in [6.07, 6.45) is 13.3. The van der Waals surface area contributed by atoms with E-state index in [2.05, 4.69) is 28.3 Å². The Hall–Kier alpha value is -3.45. The number of aromatic nitrogens is 4. The van der Waals surface area contributed by atoms with Crippen molar-refractivity contribution in [3.8, 4) is 5.75 Å². The molecule has 5 fully saturated rings. The number of pyridine rings is 1. The number of anilines is 2. The third-order valence-electron chi connectivity index (χ3n) is 10.6. The lowest BCUT2D eigenvalue weighted by Crippen LogP contribution is -2.52. The van der Waals surface area contributed by atoms with E-state index in [1.54, 1.807) is 0 Å². The molecule has 1 aliphatic heterocycles. The summed E-state index contributed by atoms with van der Waals surface area (Å²) in [5.74, 6) is 4.32. The van der Waals surface area contributed by atoms with Crippen molar-refractivity contribution in [3.05, 3.63) is 72.1 Å². The minimum atomic E-state index is 0.191. The minimum Gasteiger partial charge on any atom is -0.506 e. The predicted octanol–water partition coefficient (Wildman–Crippen LogP) is 6.95. The molecule has 7 nitrogen and oxygen atoms in total. The van der Waals surface area contributed by atoms with Gasteiger partial charge in [0, 0.05) is 31.2 Å². The van der Waals surface area contributed by atoms with Crippen molar-refractivity contribution in [2.24, 2.45) is 23.7 Å². The molecule has 4 saturated carbocycles. The highest BCUT2D eigenvalue weighted by Gasteiger charge is 2.52. The highest BCUT2D eigenvalue weighted by Crippen LogP contribution is 2.58. The van der Waals surface area contributed by atoms with E-state index in [1.807, 2.05) is 42.5 Å². The molecule has 4 bridgehead atoms. The quantitative estimate of drug-likeness (QED) is 0.243. The van der Waals surface area contributed by atoms with E-state index in [4.69, 9.17) is 20.0 Å². The average Bonchev–Trinajstić information content (AvgIpc) is 3.47. The lowest BCUT2D eigenvalue weighted by Gasteiger charge is -2.56. The van der Waals surface area contributed by atoms with Gasteiger partial charge in [-0.25, -0.2) is 9.67 Å². The van der Waals surface area contributed by atoms with Crippen LogP contribution >= 0.6 is 0 Å². The van der Waals surface area contributed by atoms with E-state index >= 15 is 0 Å². The number of ether oxygens (including phenoxy) is 1. The summed E-state index contributed by atoms with van der Waals surface area (Å²) in [5, 5.41) is 25.1. The monoisotopic (exact) mass is 549 g/mol. The third kappa shape index (κ3) is 4.78. The molecule has 41 heavy (non-hydrogen) atoms. The first kappa shape index (κ1) is 25.3. The zero-order valence-corrected chi connectivity index (χ0v) is 23.6. The van der Waals surface area contributed by atoms with Crippen molar-refractivity contribution in [1.82, 2.24) is 20.0 Å². The topological polar surface area (TPSA) is 85.1 Å². The molecule has 1 saturated heterocycles. The van der Waals surface area contributed by atoms with Crippen LogP contribution in [0.4, 0.5) is 11.5 Å². The summed E-state index contributed by atoms with van der Waals surface area (Å²) in [6.45, 7) is 1.58. The van der Waals surface area contributed by atoms with Crippen molar-refractivity contribution >= 4 is 22.4 Å². The largest absolute Gasteiger partial charge is 0.506 e. The van der Waals surface area contributed by atoms with Gasteiger partial charge in [0.2, 0.25) is 0 Å². The highest BCUT2D eigenvalue weighted by molar-refractivity contribution is 5.81. The van der Waals surface area contributed by atoms with Crippen LogP contribution in [-0.2, 0) is 16.7 Å². The Labute approximate surface area is 241 Å². The Morgan fingerprint density at radius 3 is 2.46 bits per heavy atom. The summed E-state index contributed by atoms with van der Waals surface area (Å²) in [6, 6.07) is 18.1. The van der Waals surface area contributed by atoms with Crippen LogP contribution in [0.5, 0.6) is 5.75 Å². The number of phenols is 1. The summed E-state index contributed by atoms with van der Waals surface area (Å²) in [5.41, 5.74) is 4.00. The number of hydrogen-bond acceptors (Lipinski definition) is 6. The van der Waals surface area contributed by atoms with Gasteiger partial charge in [-0.1, -0.05) is 29.5 Å². The highest BCUT2D eigenvalue weighted by atomic mass is 16.5. The van der Waals surface area contributed by atoms with Crippen LogP contribution in [0.2, 0.25) is 0 Å². The molecule has 212 valence electrons. The fourth-order valence-corrected chi connectivity index (χ4v) is 9.03. The van der Waals surface area contributed by atoms with E-state index in [9.17, 15) is 5.11 Å². The van der Waals surface area contributed by atoms with Crippen LogP contribution in [0, 0.1) is 23.7 Å². The molecular formula is C34H39N5O2. The van der Waals surface area contributed by atoms with Gasteiger partial charge >= 0.3 is 0 Å². The normalized spacial score (nSPS) is 28.2. The van der Waals surface area contributed by atoms with E-state index in [-0.39, 0.29) is 17.2 Å². The molecule has 5 aliphatic rings. The van der Waals surface area contributed by atoms with Gasteiger partial charge in [0.25, 0.3) is 0 Å². The lowest BCUT2D eigenvalue weighted by atomic mass is 9.53. The SMILES string of the molecule is Oc1cc(C(Cc2cn(C34CC5CC(CC(C5)C3)C4)nn2)C2CCOCC2)ccc1Nc1ccc2ccccc2n1. The molecule has 1 atom stereocenters. The van der Waals surface area contributed by atoms with Crippen molar-refractivity contribution in [2.75, 3.05) is 18.5 Å². The maximum Gasteiger partial charge on any atom is 0.139 e. The summed E-state index contributed by atoms with van der Waals surface area (Å²) in [7, 11) is 0. The fourth-order valence-electron chi connectivity index (χ4n) is 9.03. The average molecular weight is 550 g/mol. The second-order valence-electron chi connectivity index (χ2n) is 13.3. The van der Waals surface area contributed by atoms with Crippen molar-refractivity contribution in [1.29, 1.82) is 0 Å². The van der Waals surface area contributed by atoms with Crippen LogP contribution in [0.25, 0.3) is 10.9 Å². The minimum absolute atomic E-state index is 0.191. The number of nitrogens with zero attached hydrogens (tertiary/aromatic N) is 4. The van der Waals surface area contributed by atoms with Gasteiger partial charge in [0.1, 0.15) is 11.6 Å². The maximum absolute atomic E-state index is 11.1. The van der Waals surface area contributed by atoms with Crippen LogP contribution in [0.1, 0.15) is 68.5 Å². The number of aromatic hydroxyl groups is 1. The summed E-state index contributed by atoms with van der Waals surface area (Å²) < 4.78 is 7.99. The standard InChI is InChI=1S/C34H39N5O2/c40-32-16-27(5-7-31(32)36-33-8-6-26-3-1-2-4-30(26)35-33)29(25-9-11-41-12-10-25)17-28-21-39(38-37-28)34-18-22-13-23(19-34)15-24(14-22)20-34/h1-8,16,21-25,29,40H,9-15,17-20H2,(H,35,36). The van der Waals surface area contributed by atoms with Crippen molar-refractivity contribution in [3.63, 3.8) is 0 Å². The smallest absolute Gasteiger partial charge is 0.139 e. The Morgan fingerprint density at radius 1 is 0.951 bits per heavy atom. The van der Waals surface area contributed by atoms with Gasteiger partial charge in [0.15, 0.2) is 0 Å². The molecule has 3 heterocycles. The number of rotatable bonds is 7. The van der Waals surface area contributed by atoms with E-state index in [1.165, 1.54) is 38.5 Å². The lowest BCUT2D eigenvalue weighted by molar-refractivity contribution is -0.0502. The zero-order valence-electron chi connectivity index (χ0n) is 23.6. The third-order valence-corrected chi connectivity index (χ3v) is 10.6. The van der Waals surface area contributed by atoms with Crippen LogP contribution in [0.15, 0.2) is 60.8 Å². The van der Waals surface area contributed by atoms with Gasteiger partial charge in [-0.3, -0.25) is 0 Å². The second-order valence-corrected chi connectivity index (χ2v) is 13.3. The molecule has 9 rings (SSSR count). The number of benzene rings is 2.